The number of likely N-dealkylation sites (N-methyl/N-ethyl adjacent to an activating group) is 1. The van der Waals surface area contributed by atoms with Crippen molar-refractivity contribution in [1.82, 2.24) is 16.0 Å². The van der Waals surface area contributed by atoms with E-state index in [9.17, 15) is 60.2 Å². The predicted octanol–water partition coefficient (Wildman–Crippen LogP) is 14.2. The first kappa shape index (κ1) is 68.1. The Morgan fingerprint density at radius 2 is 0.925 bits per heavy atom. The van der Waals surface area contributed by atoms with Crippen LogP contribution in [0.5, 0.6) is 0 Å². The zero-order chi connectivity index (χ0) is 58.1. The van der Waals surface area contributed by atoms with Gasteiger partial charge in [0, 0.05) is 42.9 Å². The van der Waals surface area contributed by atoms with Gasteiger partial charge in [0.2, 0.25) is 11.8 Å². The minimum Gasteiger partial charge on any atom is -0.480 e. The van der Waals surface area contributed by atoms with Crippen LogP contribution >= 0.6 is 0 Å². The number of hydrogen-bond acceptors (Lipinski definition) is 7. The first-order chi connectivity index (χ1) is 37.6. The summed E-state index contributed by atoms with van der Waals surface area (Å²) in [6, 6.07) is 34.0. The van der Waals surface area contributed by atoms with Gasteiger partial charge >= 0.3 is 18.3 Å². The fourth-order valence-corrected chi connectivity index (χ4v) is 10.4. The number of rotatable bonds is 24. The van der Waals surface area contributed by atoms with Crippen LogP contribution in [0.25, 0.3) is 0 Å². The quantitative estimate of drug-likeness (QED) is 0.0505. The van der Waals surface area contributed by atoms with Crippen molar-refractivity contribution in [2.24, 2.45) is 29.6 Å². The first-order valence-electron chi connectivity index (χ1n) is 28.0. The molecule has 0 bridgehead atoms. The number of carbonyl (C=O) groups is 6. The number of ketones is 3. The molecule has 0 aliphatic heterocycles. The van der Waals surface area contributed by atoms with E-state index < -0.39 is 65.8 Å². The van der Waals surface area contributed by atoms with Crippen LogP contribution in [-0.4, -0.2) is 77.8 Å². The third-order valence-corrected chi connectivity index (χ3v) is 15.7. The number of carbonyl (C=O) groups excluding carboxylic acids is 5. The Morgan fingerprint density at radius 1 is 0.537 bits per heavy atom. The van der Waals surface area contributed by atoms with Crippen LogP contribution in [0.3, 0.4) is 0 Å². The van der Waals surface area contributed by atoms with Gasteiger partial charge in [0.05, 0.1) is 6.04 Å². The van der Waals surface area contributed by atoms with Crippen molar-refractivity contribution >= 4 is 35.1 Å². The second-order valence-electron chi connectivity index (χ2n) is 21.2. The van der Waals surface area contributed by atoms with Crippen molar-refractivity contribution in [3.8, 4) is 0 Å². The maximum Gasteiger partial charge on any atom is 0.415 e. The summed E-state index contributed by atoms with van der Waals surface area (Å²) in [6.45, 7) is 6.36. The van der Waals surface area contributed by atoms with Gasteiger partial charge in [-0.05, 0) is 99.9 Å². The van der Waals surface area contributed by atoms with Crippen molar-refractivity contribution in [1.29, 1.82) is 0 Å². The summed E-state index contributed by atoms with van der Waals surface area (Å²) in [6.07, 6.45) is 0.526. The van der Waals surface area contributed by atoms with E-state index in [-0.39, 0.29) is 74.4 Å². The lowest BCUT2D eigenvalue weighted by Crippen LogP contribution is -2.53. The Labute approximate surface area is 470 Å². The molecule has 4 N–H and O–H groups in total. The molecule has 2 aliphatic rings. The molecule has 2 saturated carbocycles. The molecule has 2 fully saturated rings. The lowest BCUT2D eigenvalue weighted by molar-refractivity contribution is -0.177. The minimum atomic E-state index is -4.94. The summed E-state index contributed by atoms with van der Waals surface area (Å²) in [5, 5.41) is 16.8. The fraction of sp³-hybridized carbons (Fsp3) is 0.531. The van der Waals surface area contributed by atoms with E-state index >= 15 is 0 Å². The molecule has 6 atom stereocenters. The number of amides is 2. The molecule has 0 aromatic heterocycles. The van der Waals surface area contributed by atoms with E-state index in [1.54, 1.807) is 14.0 Å². The Hall–Kier alpha value is -6.16. The molecule has 10 nitrogen and oxygen atoms in total. The number of carboxylic acids is 1. The maximum absolute atomic E-state index is 14.1. The molecule has 0 heterocycles. The summed E-state index contributed by atoms with van der Waals surface area (Å²) in [7, 11) is 1.62. The lowest BCUT2D eigenvalue weighted by Gasteiger charge is -2.31. The van der Waals surface area contributed by atoms with Gasteiger partial charge in [-0.25, -0.2) is 4.79 Å². The topological polar surface area (TPSA) is 159 Å². The standard InChI is InChI=1S/C31H39F3N2O3.C19H19F3O.C13H23NO3.CH4/c1-21(35-2)28(38)20-26(24-16-10-5-11-17-24)30(39)36-29(31(32,33)34)27(37)19-18-25(22-12-6-3-7-13-22)23-14-8-4-9-15-23;1-14(19(20,21)22)18(23)13-12-17(15-8-4-2-5-9-15)16-10-6-3-7-11-16;1-3-9(2)12(15)14-11(13(16)17)10-7-5-4-6-8-10;/h3-4,6-9,12-15,21,24-26,29,35H,5,10-11,16-20H2,1-2H3,(H,36,39);2-11,14,17H,12-13H2,1H3;9-11H,3-8H2,1-2H3,(H,14,15)(H,16,17);1H4/t21-,26-,29+;;9-,11+;/m0.1./s1. The number of nitrogens with one attached hydrogen (secondary N) is 3. The van der Waals surface area contributed by atoms with Gasteiger partial charge in [-0.3, -0.25) is 24.0 Å². The van der Waals surface area contributed by atoms with Crippen LogP contribution in [0, 0.1) is 29.6 Å². The average molecular weight is 1120 g/mol. The number of alkyl halides is 6. The highest BCUT2D eigenvalue weighted by Gasteiger charge is 2.47. The molecule has 4 aromatic carbocycles. The first-order valence-corrected chi connectivity index (χ1v) is 28.0. The van der Waals surface area contributed by atoms with Gasteiger partial charge in [0.25, 0.3) is 0 Å². The monoisotopic (exact) mass is 1120 g/mol. The van der Waals surface area contributed by atoms with Crippen LogP contribution < -0.4 is 16.0 Å². The number of aliphatic carboxylic acids is 1. The molecule has 16 heteroatoms. The molecule has 2 aliphatic carbocycles. The van der Waals surface area contributed by atoms with Crippen molar-refractivity contribution in [2.45, 2.75) is 180 Å². The van der Waals surface area contributed by atoms with Gasteiger partial charge in [0.15, 0.2) is 11.8 Å². The predicted molar refractivity (Wildman–Crippen MR) is 302 cm³/mol. The number of hydrogen-bond donors (Lipinski definition) is 4. The molecule has 0 radical (unpaired) electrons. The number of Topliss-reactive ketones (excluding diaryl/α,β-unsaturated/α-hetero) is 3. The molecule has 80 heavy (non-hydrogen) atoms. The van der Waals surface area contributed by atoms with E-state index in [4.69, 9.17) is 0 Å². The maximum atomic E-state index is 14.1. The van der Waals surface area contributed by atoms with Gasteiger partial charge in [-0.15, -0.1) is 0 Å². The summed E-state index contributed by atoms with van der Waals surface area (Å²) in [5.41, 5.74) is 3.81. The molecule has 0 saturated heterocycles. The highest BCUT2D eigenvalue weighted by atomic mass is 19.4. The minimum absolute atomic E-state index is 0. The van der Waals surface area contributed by atoms with Gasteiger partial charge in [-0.1, -0.05) is 181 Å². The average Bonchev–Trinajstić information content (AvgIpc) is 3.46. The van der Waals surface area contributed by atoms with Gasteiger partial charge < -0.3 is 21.1 Å². The number of halogens is 6. The normalized spacial score (nSPS) is 16.4. The summed E-state index contributed by atoms with van der Waals surface area (Å²) >= 11 is 0. The van der Waals surface area contributed by atoms with Crippen LogP contribution in [0.1, 0.15) is 172 Å². The third-order valence-electron chi connectivity index (χ3n) is 15.7. The summed E-state index contributed by atoms with van der Waals surface area (Å²) < 4.78 is 80.4. The molecule has 440 valence electrons. The second-order valence-corrected chi connectivity index (χ2v) is 21.2. The largest absolute Gasteiger partial charge is 0.480 e. The number of carboxylic acid groups (broad SMARTS) is 1. The molecular formula is C64H85F6N3O7. The van der Waals surface area contributed by atoms with E-state index in [2.05, 4.69) is 10.6 Å². The smallest absolute Gasteiger partial charge is 0.415 e. The number of benzene rings is 4. The van der Waals surface area contributed by atoms with Crippen molar-refractivity contribution in [2.75, 3.05) is 7.05 Å². The molecule has 4 aromatic rings. The van der Waals surface area contributed by atoms with Crippen molar-refractivity contribution in [3.63, 3.8) is 0 Å². The van der Waals surface area contributed by atoms with Crippen molar-refractivity contribution < 1.29 is 60.2 Å². The highest BCUT2D eigenvalue weighted by molar-refractivity contribution is 5.93. The molecule has 1 unspecified atom stereocenters. The van der Waals surface area contributed by atoms with Crippen LogP contribution in [0.15, 0.2) is 121 Å². The Kier molecular flexibility index (Phi) is 29.1. The molecule has 2 amide bonds. The SMILES string of the molecule is C.CC(C(=O)CCC(c1ccccc1)c1ccccc1)C(F)(F)F.CC[C@@H](C)C(=O)N[C@H](C(=O)O)C1CCCCC1.CN[C@@H](C)C(=O)C[C@H](C(=O)N[C@H](C(=O)CCC(c1ccccc1)c1ccccc1)C(F)(F)F)C1CCCCC1. The fourth-order valence-electron chi connectivity index (χ4n) is 10.4. The van der Waals surface area contributed by atoms with Crippen LogP contribution in [0.4, 0.5) is 26.3 Å². The van der Waals surface area contributed by atoms with E-state index in [0.29, 0.717) is 19.3 Å². The van der Waals surface area contributed by atoms with Crippen LogP contribution in [-0.2, 0) is 28.8 Å². The third kappa shape index (κ3) is 22.1. The van der Waals surface area contributed by atoms with Gasteiger partial charge in [-0.2, -0.15) is 26.3 Å². The Bertz CT molecular complexity index is 2390. The zero-order valence-electron chi connectivity index (χ0n) is 46.3. The Morgan fingerprint density at radius 3 is 1.27 bits per heavy atom. The highest BCUT2D eigenvalue weighted by Crippen LogP contribution is 2.36. The van der Waals surface area contributed by atoms with E-state index in [1.807, 2.05) is 140 Å². The van der Waals surface area contributed by atoms with E-state index in [1.165, 1.54) is 6.42 Å². The second kappa shape index (κ2) is 34.2. The van der Waals surface area contributed by atoms with E-state index in [0.717, 1.165) is 80.5 Å². The molecule has 0 spiro atoms. The summed E-state index contributed by atoms with van der Waals surface area (Å²) in [5.74, 6) is -7.30. The zero-order valence-corrected chi connectivity index (χ0v) is 46.3. The molecular weight excluding hydrogens is 1040 g/mol. The van der Waals surface area contributed by atoms with Gasteiger partial charge in [0.1, 0.15) is 23.5 Å². The Balaban J connectivity index is 0.000000347. The lowest BCUT2D eigenvalue weighted by atomic mass is 9.76. The molecule has 6 rings (SSSR count). The van der Waals surface area contributed by atoms with Crippen molar-refractivity contribution in [3.05, 3.63) is 144 Å². The van der Waals surface area contributed by atoms with Crippen LogP contribution in [0.2, 0.25) is 0 Å². The summed E-state index contributed by atoms with van der Waals surface area (Å²) in [4.78, 5) is 73.8.